The number of thiophene rings is 1. The predicted molar refractivity (Wildman–Crippen MR) is 117 cm³/mol. The molecule has 2 heterocycles. The monoisotopic (exact) mass is 408 g/mol. The number of aromatic nitrogens is 2. The van der Waals surface area contributed by atoms with Crippen LogP contribution in [0.2, 0.25) is 0 Å². The summed E-state index contributed by atoms with van der Waals surface area (Å²) >= 11 is 1.38. The van der Waals surface area contributed by atoms with Crippen molar-refractivity contribution in [3.05, 3.63) is 77.8 Å². The minimum absolute atomic E-state index is 0.0639. The van der Waals surface area contributed by atoms with Crippen LogP contribution in [0.5, 0.6) is 0 Å². The molecule has 0 bridgehead atoms. The topological polar surface area (TPSA) is 67.2 Å². The summed E-state index contributed by atoms with van der Waals surface area (Å²) in [6.45, 7) is 10.3. The maximum atomic E-state index is 12.9. The number of rotatable bonds is 9. The summed E-state index contributed by atoms with van der Waals surface area (Å²) in [5, 5.41) is 4.85. The highest BCUT2D eigenvalue weighted by molar-refractivity contribution is 7.12. The zero-order chi connectivity index (χ0) is 20.8. The molecule has 29 heavy (non-hydrogen) atoms. The molecule has 0 aliphatic heterocycles. The molecule has 1 aromatic carbocycles. The number of carbonyl (C=O) groups excluding carboxylic acids is 2. The van der Waals surface area contributed by atoms with Crippen LogP contribution in [0.4, 0.5) is 0 Å². The van der Waals surface area contributed by atoms with Crippen molar-refractivity contribution in [2.75, 3.05) is 13.1 Å². The number of fused-ring (bicyclic) bond motifs is 1. The second kappa shape index (κ2) is 9.34. The van der Waals surface area contributed by atoms with Crippen molar-refractivity contribution in [1.82, 2.24) is 19.8 Å². The van der Waals surface area contributed by atoms with E-state index >= 15 is 0 Å². The van der Waals surface area contributed by atoms with Gasteiger partial charge in [0, 0.05) is 13.1 Å². The number of imidazole rings is 1. The number of amides is 2. The molecular formula is C22H24N4O2S. The highest BCUT2D eigenvalue weighted by Crippen LogP contribution is 2.22. The number of para-hydroxylation sites is 2. The van der Waals surface area contributed by atoms with Crippen molar-refractivity contribution in [2.24, 2.45) is 0 Å². The third kappa shape index (κ3) is 4.63. The fourth-order valence-corrected chi connectivity index (χ4v) is 3.78. The molecule has 0 aliphatic rings. The summed E-state index contributed by atoms with van der Waals surface area (Å²) in [7, 11) is 0. The van der Waals surface area contributed by atoms with Gasteiger partial charge in [-0.25, -0.2) is 4.98 Å². The number of nitrogens with zero attached hydrogens (tertiary/aromatic N) is 3. The van der Waals surface area contributed by atoms with Crippen LogP contribution < -0.4 is 5.32 Å². The second-order valence-corrected chi connectivity index (χ2v) is 7.54. The lowest BCUT2D eigenvalue weighted by Gasteiger charge is -2.21. The molecule has 3 rings (SSSR count). The van der Waals surface area contributed by atoms with Crippen LogP contribution in [0.15, 0.2) is 67.1 Å². The Kier molecular flexibility index (Phi) is 6.61. The molecule has 0 aliphatic carbocycles. The average molecular weight is 409 g/mol. The Labute approximate surface area is 174 Å². The van der Waals surface area contributed by atoms with E-state index < -0.39 is 0 Å². The lowest BCUT2D eigenvalue weighted by Crippen LogP contribution is -2.35. The molecule has 0 saturated carbocycles. The molecule has 150 valence electrons. The van der Waals surface area contributed by atoms with E-state index in [1.54, 1.807) is 23.1 Å². The van der Waals surface area contributed by atoms with Gasteiger partial charge in [0.15, 0.2) is 0 Å². The molecule has 1 unspecified atom stereocenters. The maximum Gasteiger partial charge on any atom is 0.261 e. The Morgan fingerprint density at radius 2 is 1.93 bits per heavy atom. The molecule has 0 radical (unpaired) electrons. The summed E-state index contributed by atoms with van der Waals surface area (Å²) in [4.78, 5) is 32.4. The zero-order valence-electron chi connectivity index (χ0n) is 16.4. The van der Waals surface area contributed by atoms with Gasteiger partial charge in [0.25, 0.3) is 5.91 Å². The first-order valence-electron chi connectivity index (χ1n) is 9.34. The first-order chi connectivity index (χ1) is 14.0. The Balaban J connectivity index is 1.91. The summed E-state index contributed by atoms with van der Waals surface area (Å²) in [5.74, 6) is 0.421. The van der Waals surface area contributed by atoms with Crippen LogP contribution in [-0.2, 0) is 11.3 Å². The lowest BCUT2D eigenvalue weighted by molar-refractivity contribution is -0.130. The van der Waals surface area contributed by atoms with Crippen molar-refractivity contribution in [2.45, 2.75) is 19.5 Å². The SMILES string of the molecule is C=CCN(CC=C)C(=O)Cn1c(C(C)NC(=O)c2cccs2)nc2ccccc21. The zero-order valence-corrected chi connectivity index (χ0v) is 17.2. The summed E-state index contributed by atoms with van der Waals surface area (Å²) in [5.41, 5.74) is 1.64. The number of nitrogens with one attached hydrogen (secondary N) is 1. The molecule has 6 nitrogen and oxygen atoms in total. The van der Waals surface area contributed by atoms with Gasteiger partial charge in [0.2, 0.25) is 5.91 Å². The van der Waals surface area contributed by atoms with Crippen LogP contribution in [0.3, 0.4) is 0 Å². The molecule has 7 heteroatoms. The van der Waals surface area contributed by atoms with Gasteiger partial charge in [-0.15, -0.1) is 24.5 Å². The Morgan fingerprint density at radius 3 is 2.59 bits per heavy atom. The Morgan fingerprint density at radius 1 is 1.21 bits per heavy atom. The first kappa shape index (κ1) is 20.5. The first-order valence-corrected chi connectivity index (χ1v) is 10.2. The van der Waals surface area contributed by atoms with Crippen molar-refractivity contribution in [1.29, 1.82) is 0 Å². The normalized spacial score (nSPS) is 11.8. The fraction of sp³-hybridized carbons (Fsp3) is 0.227. The average Bonchev–Trinajstić information content (AvgIpc) is 3.36. The van der Waals surface area contributed by atoms with Gasteiger partial charge in [-0.1, -0.05) is 30.4 Å². The lowest BCUT2D eigenvalue weighted by atomic mass is 10.3. The maximum absolute atomic E-state index is 12.9. The molecule has 1 atom stereocenters. The van der Waals surface area contributed by atoms with Gasteiger partial charge >= 0.3 is 0 Å². The van der Waals surface area contributed by atoms with E-state index in [9.17, 15) is 9.59 Å². The van der Waals surface area contributed by atoms with Crippen LogP contribution in [-0.4, -0.2) is 39.4 Å². The second-order valence-electron chi connectivity index (χ2n) is 6.59. The molecule has 0 fully saturated rings. The number of carbonyl (C=O) groups is 2. The molecule has 0 spiro atoms. The van der Waals surface area contributed by atoms with Crippen molar-refractivity contribution < 1.29 is 9.59 Å². The quantitative estimate of drug-likeness (QED) is 0.548. The van der Waals surface area contributed by atoms with Gasteiger partial charge in [-0.2, -0.15) is 0 Å². The van der Waals surface area contributed by atoms with Gasteiger partial charge in [-0.05, 0) is 30.5 Å². The van der Waals surface area contributed by atoms with E-state index in [-0.39, 0.29) is 24.4 Å². The Bertz CT molecular complexity index is 1010. The molecule has 2 amide bonds. The van der Waals surface area contributed by atoms with E-state index in [1.165, 1.54) is 11.3 Å². The van der Waals surface area contributed by atoms with E-state index in [1.807, 2.05) is 47.2 Å². The molecule has 0 saturated heterocycles. The van der Waals surface area contributed by atoms with Crippen molar-refractivity contribution >= 4 is 34.2 Å². The summed E-state index contributed by atoms with van der Waals surface area (Å²) < 4.78 is 1.87. The van der Waals surface area contributed by atoms with Gasteiger partial charge in [0.05, 0.1) is 22.0 Å². The van der Waals surface area contributed by atoms with E-state index in [2.05, 4.69) is 18.5 Å². The highest BCUT2D eigenvalue weighted by Gasteiger charge is 2.22. The van der Waals surface area contributed by atoms with Crippen LogP contribution in [0.1, 0.15) is 28.5 Å². The molecule has 3 aromatic rings. The van der Waals surface area contributed by atoms with E-state index in [0.717, 1.165) is 11.0 Å². The third-order valence-corrected chi connectivity index (χ3v) is 5.38. The van der Waals surface area contributed by atoms with E-state index in [4.69, 9.17) is 4.98 Å². The van der Waals surface area contributed by atoms with Crippen LogP contribution >= 0.6 is 11.3 Å². The van der Waals surface area contributed by atoms with Gasteiger partial charge in [-0.3, -0.25) is 9.59 Å². The smallest absolute Gasteiger partial charge is 0.261 e. The summed E-state index contributed by atoms with van der Waals surface area (Å²) in [6.07, 6.45) is 3.39. The standard InChI is InChI=1S/C22H24N4O2S/c1-4-12-25(13-5-2)20(27)15-26-18-10-7-6-9-17(18)24-21(26)16(3)23-22(28)19-11-8-14-29-19/h4-11,14,16H,1-2,12-13,15H2,3H3,(H,23,28). The molecule has 1 N–H and O–H groups in total. The fourth-order valence-electron chi connectivity index (χ4n) is 3.16. The van der Waals surface area contributed by atoms with Crippen LogP contribution in [0.25, 0.3) is 11.0 Å². The number of hydrogen-bond acceptors (Lipinski definition) is 4. The Hall–Kier alpha value is -3.19. The molecule has 2 aromatic heterocycles. The molecular weight excluding hydrogens is 384 g/mol. The van der Waals surface area contributed by atoms with Gasteiger partial charge < -0.3 is 14.8 Å². The minimum atomic E-state index is -0.364. The highest BCUT2D eigenvalue weighted by atomic mass is 32.1. The van der Waals surface area contributed by atoms with Crippen molar-refractivity contribution in [3.8, 4) is 0 Å². The van der Waals surface area contributed by atoms with Crippen LogP contribution in [0, 0.1) is 0 Å². The third-order valence-electron chi connectivity index (χ3n) is 4.51. The van der Waals surface area contributed by atoms with Crippen molar-refractivity contribution in [3.63, 3.8) is 0 Å². The van der Waals surface area contributed by atoms with E-state index in [0.29, 0.717) is 23.8 Å². The largest absolute Gasteiger partial charge is 0.342 e. The van der Waals surface area contributed by atoms with Gasteiger partial charge in [0.1, 0.15) is 12.4 Å². The predicted octanol–water partition coefficient (Wildman–Crippen LogP) is 3.79. The number of benzene rings is 1. The number of hydrogen-bond donors (Lipinski definition) is 1. The minimum Gasteiger partial charge on any atom is -0.342 e. The summed E-state index contributed by atoms with van der Waals surface area (Å²) in [6, 6.07) is 10.9.